The summed E-state index contributed by atoms with van der Waals surface area (Å²) >= 11 is 1.04. The van der Waals surface area contributed by atoms with Gasteiger partial charge < -0.3 is 49.6 Å². The third-order valence-electron chi connectivity index (χ3n) is 12.0. The third kappa shape index (κ3) is 8.82. The van der Waals surface area contributed by atoms with Crippen LogP contribution in [0.1, 0.15) is 105 Å². The van der Waals surface area contributed by atoms with Gasteiger partial charge in [0.2, 0.25) is 11.2 Å². The van der Waals surface area contributed by atoms with Crippen LogP contribution in [0, 0.1) is 17.3 Å². The summed E-state index contributed by atoms with van der Waals surface area (Å²) < 4.78 is 23.0. The first-order valence-corrected chi connectivity index (χ1v) is 20.2. The van der Waals surface area contributed by atoms with Gasteiger partial charge >= 0.3 is 5.97 Å². The maximum absolute atomic E-state index is 13.4. The zero-order valence-corrected chi connectivity index (χ0v) is 35.1. The molecule has 0 saturated carbocycles. The van der Waals surface area contributed by atoms with E-state index in [2.05, 4.69) is 4.98 Å². The summed E-state index contributed by atoms with van der Waals surface area (Å²) in [6, 6.07) is 0. The number of epoxide rings is 1. The lowest BCUT2D eigenvalue weighted by molar-refractivity contribution is -0.361. The molecule has 4 heterocycles. The van der Waals surface area contributed by atoms with Crippen LogP contribution in [0.2, 0.25) is 0 Å². The van der Waals surface area contributed by atoms with Gasteiger partial charge in [-0.25, -0.2) is 4.98 Å². The van der Waals surface area contributed by atoms with Crippen molar-refractivity contribution in [2.45, 2.75) is 167 Å². The molecule has 13 atom stereocenters. The van der Waals surface area contributed by atoms with Gasteiger partial charge in [-0.1, -0.05) is 34.1 Å². The van der Waals surface area contributed by atoms with Gasteiger partial charge in [0, 0.05) is 17.7 Å². The lowest BCUT2D eigenvalue weighted by Gasteiger charge is -2.57. The normalized spacial score (nSPS) is 38.3. The lowest BCUT2D eigenvalue weighted by atomic mass is 9.60. The van der Waals surface area contributed by atoms with E-state index < -0.39 is 107 Å². The monoisotopic (exact) mass is 839 g/mol. The number of carbonyl (C=O) groups is 6. The first-order chi connectivity index (χ1) is 26.8. The number of hydrogen-bond donors (Lipinski definition) is 6. The van der Waals surface area contributed by atoms with Crippen molar-refractivity contribution in [2.24, 2.45) is 17.3 Å². The number of ketones is 5. The summed E-state index contributed by atoms with van der Waals surface area (Å²) in [4.78, 5) is 83.0. The van der Waals surface area contributed by atoms with Crippen molar-refractivity contribution in [3.63, 3.8) is 0 Å². The second kappa shape index (κ2) is 17.8. The van der Waals surface area contributed by atoms with Crippen LogP contribution in [0.3, 0.4) is 0 Å². The fraction of sp³-hybridized carbons (Fsp3) is 0.725. The Kier molecular flexibility index (Phi) is 14.6. The molecule has 1 aromatic heterocycles. The predicted molar refractivity (Wildman–Crippen MR) is 204 cm³/mol. The molecular weight excluding hydrogens is 782 g/mol. The molecule has 0 spiro atoms. The van der Waals surface area contributed by atoms with Crippen LogP contribution in [-0.4, -0.2) is 136 Å². The van der Waals surface area contributed by atoms with E-state index in [4.69, 9.17) is 18.9 Å². The van der Waals surface area contributed by atoms with Crippen LogP contribution < -0.4 is 0 Å². The minimum atomic E-state index is -3.67. The van der Waals surface area contributed by atoms with E-state index in [9.17, 15) is 59.4 Å². The largest absolute Gasteiger partial charge is 0.458 e. The van der Waals surface area contributed by atoms with Gasteiger partial charge in [0.15, 0.2) is 41.1 Å². The first kappa shape index (κ1) is 47.5. The fourth-order valence-corrected chi connectivity index (χ4v) is 8.63. The summed E-state index contributed by atoms with van der Waals surface area (Å²) in [5, 5.41) is 68.7. The SMILES string of the molecule is CC(=O)[C@]1(O)[C@@](O)(C(C)=O)[C@@H](C(=O)C(C)O)O[C@H](OCc2nc(C=C(C)[C@H]3C[C@@H]4O[C@H]4CCC[C@@H](C)[C@@H](O)[C@H](C)C(=O)C(C)(C)[C@H](O)CC(=O)O3)cs2)[C@@]1(O)C(C)=O. The maximum Gasteiger partial charge on any atom is 0.309 e. The molecular formula is C40H57NO16S. The number of hydrogen-bond acceptors (Lipinski definition) is 18. The molecule has 58 heavy (non-hydrogen) atoms. The topological polar surface area (TPSA) is 277 Å². The standard InChI is InChI=1S/C40H57NO16S/c1-18-11-10-12-26-28(55-26)14-27(56-31(47)15-29(46)37(8,9)34(50)20(3)32(18)48)19(2)13-25-17-58-30(41-25)16-54-36-39(52,23(6)44)40(53,24(7)45)38(51,22(5)43)35(57-36)33(49)21(4)42/h13,17-18,20-21,26-29,32,35-36,42,46,48,51-53H,10-12,14-16H2,1-9H3/t18-,20+,21?,26+,27-,28+,29-,32-,35-,36+,38-,39+,40+/m1/s1. The number of Topliss-reactive ketones (excluding diaryl/α,β-unsaturated/α-hetero) is 5. The van der Waals surface area contributed by atoms with Gasteiger partial charge in [-0.05, 0) is 65.0 Å². The van der Waals surface area contributed by atoms with E-state index in [-0.39, 0.29) is 35.3 Å². The Morgan fingerprint density at radius 2 is 1.59 bits per heavy atom. The van der Waals surface area contributed by atoms with Crippen LogP contribution in [0.15, 0.2) is 11.0 Å². The number of esters is 1. The zero-order chi connectivity index (χ0) is 43.9. The smallest absolute Gasteiger partial charge is 0.309 e. The van der Waals surface area contributed by atoms with Crippen LogP contribution in [-0.2, 0) is 54.3 Å². The number of carbonyl (C=O) groups excluding carboxylic acids is 6. The number of ether oxygens (including phenoxy) is 4. The molecule has 0 aliphatic carbocycles. The van der Waals surface area contributed by atoms with Crippen molar-refractivity contribution < 1.29 is 78.4 Å². The van der Waals surface area contributed by atoms with Crippen molar-refractivity contribution in [1.29, 1.82) is 0 Å². The summed E-state index contributed by atoms with van der Waals surface area (Å²) in [5.74, 6) is -7.68. The van der Waals surface area contributed by atoms with Crippen LogP contribution >= 0.6 is 11.3 Å². The summed E-state index contributed by atoms with van der Waals surface area (Å²) in [5.41, 5.74) is -11.1. The van der Waals surface area contributed by atoms with Crippen LogP contribution in [0.25, 0.3) is 6.08 Å². The highest BCUT2D eigenvalue weighted by Crippen LogP contribution is 2.48. The molecule has 0 aromatic carbocycles. The van der Waals surface area contributed by atoms with Gasteiger partial charge in [-0.15, -0.1) is 11.3 Å². The Hall–Kier alpha value is -3.17. The molecule has 6 N–H and O–H groups in total. The molecule has 3 saturated heterocycles. The number of nitrogens with zero attached hydrogens (tertiary/aromatic N) is 1. The number of aliphatic hydroxyl groups is 6. The molecule has 1 unspecified atom stereocenters. The molecule has 0 amide bonds. The molecule has 3 fully saturated rings. The van der Waals surface area contributed by atoms with Gasteiger partial charge in [-0.3, -0.25) is 28.8 Å². The Morgan fingerprint density at radius 3 is 2.16 bits per heavy atom. The summed E-state index contributed by atoms with van der Waals surface area (Å²) in [6.07, 6.45) is -6.67. The fourth-order valence-electron chi connectivity index (χ4n) is 7.96. The number of aliphatic hydroxyl groups excluding tert-OH is 3. The molecule has 0 bridgehead atoms. The average molecular weight is 840 g/mol. The minimum absolute atomic E-state index is 0.101. The summed E-state index contributed by atoms with van der Waals surface area (Å²) in [6.45, 7) is 10.8. The quantitative estimate of drug-likeness (QED) is 0.141. The van der Waals surface area contributed by atoms with Gasteiger partial charge in [-0.2, -0.15) is 0 Å². The Bertz CT molecular complexity index is 1790. The number of aromatic nitrogens is 1. The van der Waals surface area contributed by atoms with E-state index in [1.807, 2.05) is 6.92 Å². The van der Waals surface area contributed by atoms with Crippen molar-refractivity contribution >= 4 is 52.3 Å². The Labute approximate surface area is 340 Å². The maximum atomic E-state index is 13.4. The molecule has 0 radical (unpaired) electrons. The van der Waals surface area contributed by atoms with Crippen LogP contribution in [0.5, 0.6) is 0 Å². The van der Waals surface area contributed by atoms with Crippen molar-refractivity contribution in [3.05, 3.63) is 21.7 Å². The summed E-state index contributed by atoms with van der Waals surface area (Å²) in [7, 11) is 0. The van der Waals surface area contributed by atoms with E-state index in [1.165, 1.54) is 13.8 Å². The van der Waals surface area contributed by atoms with Gasteiger partial charge in [0.25, 0.3) is 0 Å². The third-order valence-corrected chi connectivity index (χ3v) is 12.9. The zero-order valence-electron chi connectivity index (χ0n) is 34.3. The van der Waals surface area contributed by atoms with E-state index in [0.29, 0.717) is 38.0 Å². The Balaban J connectivity index is 1.59. The average Bonchev–Trinajstić information content (AvgIpc) is 3.73. The molecule has 3 aliphatic rings. The second-order valence-electron chi connectivity index (χ2n) is 16.6. The highest BCUT2D eigenvalue weighted by atomic mass is 32.1. The highest BCUT2D eigenvalue weighted by molar-refractivity contribution is 7.09. The molecule has 18 heteroatoms. The van der Waals surface area contributed by atoms with E-state index in [0.717, 1.165) is 31.6 Å². The van der Waals surface area contributed by atoms with Crippen LogP contribution in [0.4, 0.5) is 0 Å². The first-order valence-electron chi connectivity index (χ1n) is 19.3. The molecule has 1 aromatic rings. The predicted octanol–water partition coefficient (Wildman–Crippen LogP) is 0.931. The van der Waals surface area contributed by atoms with E-state index >= 15 is 0 Å². The van der Waals surface area contributed by atoms with Crippen molar-refractivity contribution in [3.8, 4) is 0 Å². The number of thiazole rings is 1. The number of rotatable bonds is 10. The van der Waals surface area contributed by atoms with Gasteiger partial charge in [0.05, 0.1) is 41.9 Å². The van der Waals surface area contributed by atoms with E-state index in [1.54, 1.807) is 25.3 Å². The molecule has 324 valence electrons. The molecule has 4 rings (SSSR count). The number of cyclic esters (lactones) is 1. The second-order valence-corrected chi connectivity index (χ2v) is 17.6. The van der Waals surface area contributed by atoms with Crippen molar-refractivity contribution in [2.75, 3.05) is 0 Å². The molecule has 17 nitrogen and oxygen atoms in total. The number of fused-ring (bicyclic) bond motifs is 1. The Morgan fingerprint density at radius 1 is 0.966 bits per heavy atom. The lowest BCUT2D eigenvalue weighted by Crippen LogP contribution is -2.87. The highest BCUT2D eigenvalue weighted by Gasteiger charge is 2.79. The molecule has 3 aliphatic heterocycles. The minimum Gasteiger partial charge on any atom is -0.458 e. The van der Waals surface area contributed by atoms with Crippen molar-refractivity contribution in [1.82, 2.24) is 4.98 Å². The van der Waals surface area contributed by atoms with Gasteiger partial charge in [0.1, 0.15) is 29.6 Å².